The van der Waals surface area contributed by atoms with Crippen LogP contribution in [0.15, 0.2) is 71.6 Å². The second-order valence-electron chi connectivity index (χ2n) is 7.74. The van der Waals surface area contributed by atoms with Gasteiger partial charge >= 0.3 is 0 Å². The zero-order valence-electron chi connectivity index (χ0n) is 19.3. The molecule has 0 aromatic heterocycles. The third-order valence-corrected chi connectivity index (χ3v) is 7.09. The van der Waals surface area contributed by atoms with E-state index in [0.717, 1.165) is 32.0 Å². The largest absolute Gasteiger partial charge is 0.493 e. The lowest BCUT2D eigenvalue weighted by molar-refractivity contribution is -0.123. The molecule has 1 saturated heterocycles. The van der Waals surface area contributed by atoms with Crippen LogP contribution in [0.2, 0.25) is 0 Å². The van der Waals surface area contributed by atoms with E-state index in [4.69, 9.17) is 14.2 Å². The van der Waals surface area contributed by atoms with Gasteiger partial charge in [-0.3, -0.25) is 14.5 Å². The molecule has 3 aromatic rings. The third kappa shape index (κ3) is 6.18. The number of methoxy groups -OCH3 is 1. The molecule has 0 saturated carbocycles. The maximum Gasteiger partial charge on any atom is 0.293 e. The van der Waals surface area contributed by atoms with E-state index in [1.807, 2.05) is 73.7 Å². The van der Waals surface area contributed by atoms with E-state index in [-0.39, 0.29) is 24.3 Å². The van der Waals surface area contributed by atoms with Crippen molar-refractivity contribution in [1.29, 1.82) is 0 Å². The first-order valence-corrected chi connectivity index (χ1v) is 12.8. The second-order valence-corrected chi connectivity index (χ2v) is 9.90. The summed E-state index contributed by atoms with van der Waals surface area (Å²) < 4.78 is 18.1. The van der Waals surface area contributed by atoms with E-state index in [1.165, 1.54) is 4.90 Å². The monoisotopic (exact) mass is 601 g/mol. The van der Waals surface area contributed by atoms with E-state index >= 15 is 0 Å². The third-order valence-electron chi connectivity index (χ3n) is 5.38. The van der Waals surface area contributed by atoms with Gasteiger partial charge in [-0.1, -0.05) is 42.5 Å². The highest BCUT2D eigenvalue weighted by molar-refractivity contribution is 14.1. The maximum absolute atomic E-state index is 12.9. The lowest BCUT2D eigenvalue weighted by Crippen LogP contribution is -2.32. The number of benzene rings is 3. The predicted octanol–water partition coefficient (Wildman–Crippen LogP) is 6.30. The van der Waals surface area contributed by atoms with Crippen molar-refractivity contribution in [3.05, 3.63) is 91.9 Å². The number of imide groups is 1. The van der Waals surface area contributed by atoms with Gasteiger partial charge in [0.2, 0.25) is 0 Å². The molecule has 8 heteroatoms. The number of carbonyl (C=O) groups excluding carboxylic acids is 2. The number of rotatable bonds is 9. The minimum Gasteiger partial charge on any atom is -0.493 e. The lowest BCUT2D eigenvalue weighted by Gasteiger charge is -2.15. The molecule has 0 radical (unpaired) electrons. The molecule has 0 aliphatic carbocycles. The topological polar surface area (TPSA) is 65.1 Å². The highest BCUT2D eigenvalue weighted by Gasteiger charge is 2.35. The first-order valence-electron chi connectivity index (χ1n) is 10.9. The molecule has 0 spiro atoms. The van der Waals surface area contributed by atoms with Crippen LogP contribution in [0.25, 0.3) is 6.08 Å². The van der Waals surface area contributed by atoms with Crippen molar-refractivity contribution >= 4 is 51.6 Å². The van der Waals surface area contributed by atoms with E-state index in [0.29, 0.717) is 28.8 Å². The normalized spacial score (nSPS) is 14.5. The molecule has 0 atom stereocenters. The Balaban J connectivity index is 1.45. The molecule has 3 aromatic carbocycles. The molecule has 180 valence electrons. The fourth-order valence-corrected chi connectivity index (χ4v) is 5.15. The number of halogens is 1. The summed E-state index contributed by atoms with van der Waals surface area (Å²) in [6.07, 6.45) is 1.71. The number of para-hydroxylation sites is 1. The Morgan fingerprint density at radius 2 is 1.74 bits per heavy atom. The van der Waals surface area contributed by atoms with Crippen molar-refractivity contribution < 1.29 is 23.8 Å². The molecular weight excluding hydrogens is 577 g/mol. The van der Waals surface area contributed by atoms with Gasteiger partial charge < -0.3 is 14.2 Å². The predicted molar refractivity (Wildman–Crippen MR) is 146 cm³/mol. The van der Waals surface area contributed by atoms with Gasteiger partial charge in [0.15, 0.2) is 11.5 Å². The van der Waals surface area contributed by atoms with Crippen molar-refractivity contribution in [2.24, 2.45) is 0 Å². The Morgan fingerprint density at radius 3 is 2.49 bits per heavy atom. The maximum atomic E-state index is 12.9. The van der Waals surface area contributed by atoms with Crippen molar-refractivity contribution in [2.75, 3.05) is 20.3 Å². The van der Waals surface area contributed by atoms with Gasteiger partial charge in [0.05, 0.1) is 22.1 Å². The first kappa shape index (κ1) is 25.1. The van der Waals surface area contributed by atoms with Crippen LogP contribution in [0.3, 0.4) is 0 Å². The Bertz CT molecular complexity index is 1260. The number of amides is 2. The summed E-state index contributed by atoms with van der Waals surface area (Å²) in [4.78, 5) is 26.9. The minimum absolute atomic E-state index is 0.184. The van der Waals surface area contributed by atoms with Gasteiger partial charge in [0.1, 0.15) is 19.0 Å². The van der Waals surface area contributed by atoms with Crippen LogP contribution in [-0.2, 0) is 11.4 Å². The summed E-state index contributed by atoms with van der Waals surface area (Å²) in [5.41, 5.74) is 3.00. The number of ether oxygens (including phenoxy) is 3. The first-order chi connectivity index (χ1) is 17.0. The van der Waals surface area contributed by atoms with Gasteiger partial charge in [0.25, 0.3) is 11.1 Å². The van der Waals surface area contributed by atoms with E-state index in [2.05, 4.69) is 22.6 Å². The number of hydrogen-bond acceptors (Lipinski definition) is 6. The molecule has 6 nitrogen and oxygen atoms in total. The van der Waals surface area contributed by atoms with Gasteiger partial charge in [-0.05, 0) is 88.3 Å². The standard InChI is InChI=1S/C27H24INO5S/c1-18-8-6-7-9-20(18)17-34-25-22(28)14-19(15-23(25)32-2)16-24-26(30)29(27(31)35-24)12-13-33-21-10-4-3-5-11-21/h3-11,14-16H,12-13,17H2,1-2H3/b24-16-. The van der Waals surface area contributed by atoms with E-state index in [9.17, 15) is 9.59 Å². The van der Waals surface area contributed by atoms with Crippen LogP contribution in [-0.4, -0.2) is 36.3 Å². The van der Waals surface area contributed by atoms with Crippen LogP contribution < -0.4 is 14.2 Å². The molecule has 1 aliphatic heterocycles. The Labute approximate surface area is 222 Å². The minimum atomic E-state index is -0.328. The van der Waals surface area contributed by atoms with Gasteiger partial charge in [-0.2, -0.15) is 0 Å². The lowest BCUT2D eigenvalue weighted by atomic mass is 10.1. The molecule has 0 unspecified atom stereocenters. The molecule has 1 heterocycles. The van der Waals surface area contributed by atoms with E-state index < -0.39 is 0 Å². The van der Waals surface area contributed by atoms with Crippen molar-refractivity contribution in [3.8, 4) is 17.2 Å². The van der Waals surface area contributed by atoms with Crippen molar-refractivity contribution in [3.63, 3.8) is 0 Å². The van der Waals surface area contributed by atoms with Crippen molar-refractivity contribution in [2.45, 2.75) is 13.5 Å². The molecule has 1 fully saturated rings. The van der Waals surface area contributed by atoms with Crippen LogP contribution in [0.5, 0.6) is 17.2 Å². The summed E-state index contributed by atoms with van der Waals surface area (Å²) in [5, 5.41) is -0.308. The molecule has 2 amide bonds. The summed E-state index contributed by atoms with van der Waals surface area (Å²) in [6.45, 7) is 2.88. The molecule has 4 rings (SSSR count). The van der Waals surface area contributed by atoms with Crippen LogP contribution in [0, 0.1) is 10.5 Å². The Hall–Kier alpha value is -2.98. The van der Waals surface area contributed by atoms with E-state index in [1.54, 1.807) is 13.2 Å². The summed E-state index contributed by atoms with van der Waals surface area (Å²) >= 11 is 3.11. The summed E-state index contributed by atoms with van der Waals surface area (Å²) in [7, 11) is 1.58. The van der Waals surface area contributed by atoms with Crippen LogP contribution >= 0.6 is 34.4 Å². The Kier molecular flexibility index (Phi) is 8.35. The number of aryl methyl sites for hydroxylation is 1. The fraction of sp³-hybridized carbons (Fsp3) is 0.185. The molecule has 0 N–H and O–H groups in total. The van der Waals surface area contributed by atoms with Crippen LogP contribution in [0.1, 0.15) is 16.7 Å². The Morgan fingerprint density at radius 1 is 1.00 bits per heavy atom. The number of hydrogen-bond donors (Lipinski definition) is 0. The molecule has 35 heavy (non-hydrogen) atoms. The molecule has 1 aliphatic rings. The quantitative estimate of drug-likeness (QED) is 0.212. The van der Waals surface area contributed by atoms with Crippen molar-refractivity contribution in [1.82, 2.24) is 4.90 Å². The average Bonchev–Trinajstić information content (AvgIpc) is 3.12. The second kappa shape index (κ2) is 11.6. The highest BCUT2D eigenvalue weighted by atomic mass is 127. The molecule has 0 bridgehead atoms. The average molecular weight is 601 g/mol. The van der Waals surface area contributed by atoms with Gasteiger partial charge in [0, 0.05) is 0 Å². The molecular formula is C27H24INO5S. The van der Waals surface area contributed by atoms with Crippen LogP contribution in [0.4, 0.5) is 4.79 Å². The zero-order valence-corrected chi connectivity index (χ0v) is 22.3. The van der Waals surface area contributed by atoms with Gasteiger partial charge in [-0.25, -0.2) is 0 Å². The highest BCUT2D eigenvalue weighted by Crippen LogP contribution is 2.37. The van der Waals surface area contributed by atoms with Gasteiger partial charge in [-0.15, -0.1) is 0 Å². The zero-order chi connectivity index (χ0) is 24.8. The fourth-order valence-electron chi connectivity index (χ4n) is 3.50. The SMILES string of the molecule is COc1cc(/C=C2\SC(=O)N(CCOc3ccccc3)C2=O)cc(I)c1OCc1ccccc1C. The number of thioether (sulfide) groups is 1. The summed E-state index contributed by atoms with van der Waals surface area (Å²) in [5.74, 6) is 1.57. The summed E-state index contributed by atoms with van der Waals surface area (Å²) in [6, 6.07) is 21.1. The number of carbonyl (C=O) groups is 2. The number of nitrogens with zero attached hydrogens (tertiary/aromatic N) is 1. The smallest absolute Gasteiger partial charge is 0.293 e.